The Morgan fingerprint density at radius 1 is 0.706 bits per heavy atom. The van der Waals surface area contributed by atoms with E-state index in [4.69, 9.17) is 14.2 Å². The molecule has 0 spiro atoms. The summed E-state index contributed by atoms with van der Waals surface area (Å²) in [6.45, 7) is 6.17. The minimum absolute atomic E-state index is 0.519. The van der Waals surface area contributed by atoms with E-state index in [9.17, 15) is 0 Å². The maximum absolute atomic E-state index is 5.17. The van der Waals surface area contributed by atoms with Gasteiger partial charge < -0.3 is 30.2 Å². The maximum atomic E-state index is 5.17. The number of benzene rings is 1. The van der Waals surface area contributed by atoms with Gasteiger partial charge in [0.05, 0.1) is 5.69 Å². The highest BCUT2D eigenvalue weighted by atomic mass is 16.5. The molecule has 0 atom stereocenters. The number of hydrogen-bond donors (Lipinski definition) is 3. The lowest BCUT2D eigenvalue weighted by atomic mass is 10.2. The molecule has 188 valence electrons. The van der Waals surface area contributed by atoms with Crippen LogP contribution in [0.1, 0.15) is 31.7 Å². The summed E-state index contributed by atoms with van der Waals surface area (Å²) in [5, 5.41) is 19.0. The minimum atomic E-state index is 0.519. The molecule has 0 aliphatic heterocycles. The van der Waals surface area contributed by atoms with Gasteiger partial charge in [0.25, 0.3) is 0 Å². The number of hydrogen-bond acceptors (Lipinski definition) is 10. The molecule has 1 heterocycles. The van der Waals surface area contributed by atoms with E-state index in [-0.39, 0.29) is 0 Å². The second-order valence-electron chi connectivity index (χ2n) is 7.63. The first kappa shape index (κ1) is 27.4. The average Bonchev–Trinajstić information content (AvgIpc) is 2.86. The number of aromatic nitrogens is 2. The zero-order valence-electron chi connectivity index (χ0n) is 20.9. The summed E-state index contributed by atoms with van der Waals surface area (Å²) in [7, 11) is 5.08. The standard InChI is InChI=1S/C24H39N7O3/c1-5-19-9-11-20(12-10-19)30-31-21-22(25-13-6-16-32-2)28-24(27-15-8-18-34-4)29-23(21)26-14-7-17-33-3/h9-12H,5-8,13-18H2,1-4H3,(H3,25,26,27,28,29). The predicted molar refractivity (Wildman–Crippen MR) is 137 cm³/mol. The maximum Gasteiger partial charge on any atom is 0.226 e. The summed E-state index contributed by atoms with van der Waals surface area (Å²) in [4.78, 5) is 9.36. The summed E-state index contributed by atoms with van der Waals surface area (Å²) < 4.78 is 15.5. The molecule has 0 amide bonds. The van der Waals surface area contributed by atoms with Crippen LogP contribution in [-0.2, 0) is 20.6 Å². The van der Waals surface area contributed by atoms with E-state index in [2.05, 4.69) is 55.2 Å². The summed E-state index contributed by atoms with van der Waals surface area (Å²) in [5.74, 6) is 1.75. The third kappa shape index (κ3) is 9.98. The van der Waals surface area contributed by atoms with Crippen molar-refractivity contribution >= 4 is 29.0 Å². The summed E-state index contributed by atoms with van der Waals surface area (Å²) >= 11 is 0. The SMILES string of the molecule is CCc1ccc(N=Nc2c(NCCCOC)nc(NCCCOC)nc2NCCCOC)cc1. The van der Waals surface area contributed by atoms with Gasteiger partial charge in [0.2, 0.25) is 5.95 Å². The Labute approximate surface area is 202 Å². The molecular formula is C24H39N7O3. The fraction of sp³-hybridized carbons (Fsp3) is 0.583. The average molecular weight is 474 g/mol. The second-order valence-corrected chi connectivity index (χ2v) is 7.63. The van der Waals surface area contributed by atoms with Crippen LogP contribution in [-0.4, -0.2) is 70.8 Å². The number of anilines is 3. The Kier molecular flexibility index (Phi) is 13.5. The number of nitrogens with zero attached hydrogens (tertiary/aromatic N) is 4. The molecule has 10 nitrogen and oxygen atoms in total. The third-order valence-electron chi connectivity index (χ3n) is 4.94. The number of methoxy groups -OCH3 is 3. The molecule has 10 heteroatoms. The first-order valence-electron chi connectivity index (χ1n) is 11.8. The minimum Gasteiger partial charge on any atom is -0.385 e. The van der Waals surface area contributed by atoms with Crippen molar-refractivity contribution in [3.8, 4) is 0 Å². The van der Waals surface area contributed by atoms with E-state index >= 15 is 0 Å². The molecule has 0 aliphatic carbocycles. The number of nitrogens with one attached hydrogen (secondary N) is 3. The van der Waals surface area contributed by atoms with E-state index in [1.807, 2.05) is 12.1 Å². The lowest BCUT2D eigenvalue weighted by Gasteiger charge is -2.15. The van der Waals surface area contributed by atoms with Crippen molar-refractivity contribution in [1.29, 1.82) is 0 Å². The summed E-state index contributed by atoms with van der Waals surface area (Å²) in [5.41, 5.74) is 2.60. The van der Waals surface area contributed by atoms with Crippen LogP contribution in [0.3, 0.4) is 0 Å². The van der Waals surface area contributed by atoms with Gasteiger partial charge in [-0.2, -0.15) is 15.1 Å². The van der Waals surface area contributed by atoms with Crippen molar-refractivity contribution in [3.05, 3.63) is 29.8 Å². The zero-order valence-corrected chi connectivity index (χ0v) is 20.9. The van der Waals surface area contributed by atoms with Gasteiger partial charge in [0.1, 0.15) is 0 Å². The van der Waals surface area contributed by atoms with Gasteiger partial charge in [-0.25, -0.2) is 0 Å². The van der Waals surface area contributed by atoms with Crippen LogP contribution in [0, 0.1) is 0 Å². The van der Waals surface area contributed by atoms with Crippen LogP contribution in [0.4, 0.5) is 29.0 Å². The number of aryl methyl sites for hydroxylation is 1. The van der Waals surface area contributed by atoms with Gasteiger partial charge in [0.15, 0.2) is 17.3 Å². The third-order valence-corrected chi connectivity index (χ3v) is 4.94. The number of azo groups is 1. The van der Waals surface area contributed by atoms with Crippen molar-refractivity contribution in [1.82, 2.24) is 9.97 Å². The van der Waals surface area contributed by atoms with Crippen molar-refractivity contribution in [2.75, 3.05) is 76.7 Å². The topological polar surface area (TPSA) is 114 Å². The Morgan fingerprint density at radius 2 is 1.21 bits per heavy atom. The molecule has 0 fully saturated rings. The van der Waals surface area contributed by atoms with Gasteiger partial charge in [-0.1, -0.05) is 19.1 Å². The van der Waals surface area contributed by atoms with E-state index in [1.165, 1.54) is 5.56 Å². The Balaban J connectivity index is 2.32. The predicted octanol–water partition coefficient (Wildman–Crippen LogP) is 4.80. The van der Waals surface area contributed by atoms with Crippen LogP contribution < -0.4 is 16.0 Å². The molecule has 0 radical (unpaired) electrons. The van der Waals surface area contributed by atoms with Crippen LogP contribution in [0.5, 0.6) is 0 Å². The molecule has 1 aromatic carbocycles. The molecular weight excluding hydrogens is 434 g/mol. The van der Waals surface area contributed by atoms with Crippen molar-refractivity contribution in [3.63, 3.8) is 0 Å². The van der Waals surface area contributed by atoms with Crippen molar-refractivity contribution in [2.45, 2.75) is 32.6 Å². The first-order valence-corrected chi connectivity index (χ1v) is 11.8. The van der Waals surface area contributed by atoms with E-state index in [0.717, 1.165) is 31.4 Å². The van der Waals surface area contributed by atoms with Gasteiger partial charge in [-0.05, 0) is 43.4 Å². The van der Waals surface area contributed by atoms with Crippen molar-refractivity contribution < 1.29 is 14.2 Å². The lowest BCUT2D eigenvalue weighted by Crippen LogP contribution is -2.14. The number of rotatable bonds is 18. The molecule has 34 heavy (non-hydrogen) atoms. The van der Waals surface area contributed by atoms with Gasteiger partial charge >= 0.3 is 0 Å². The van der Waals surface area contributed by atoms with E-state index in [0.29, 0.717) is 62.7 Å². The van der Waals surface area contributed by atoms with Gasteiger partial charge in [0, 0.05) is 60.8 Å². The van der Waals surface area contributed by atoms with E-state index < -0.39 is 0 Å². The smallest absolute Gasteiger partial charge is 0.226 e. The van der Waals surface area contributed by atoms with Crippen molar-refractivity contribution in [2.24, 2.45) is 10.2 Å². The van der Waals surface area contributed by atoms with Crippen LogP contribution >= 0.6 is 0 Å². The Bertz CT molecular complexity index is 814. The highest BCUT2D eigenvalue weighted by molar-refractivity contribution is 5.75. The van der Waals surface area contributed by atoms with E-state index in [1.54, 1.807) is 21.3 Å². The lowest BCUT2D eigenvalue weighted by molar-refractivity contribution is 0.197. The summed E-state index contributed by atoms with van der Waals surface area (Å²) in [6, 6.07) is 8.05. The summed E-state index contributed by atoms with van der Waals surface area (Å²) in [6.07, 6.45) is 3.50. The van der Waals surface area contributed by atoms with Crippen LogP contribution in [0.15, 0.2) is 34.5 Å². The van der Waals surface area contributed by atoms with Crippen LogP contribution in [0.25, 0.3) is 0 Å². The second kappa shape index (κ2) is 16.7. The molecule has 1 aromatic heterocycles. The largest absolute Gasteiger partial charge is 0.385 e. The molecule has 2 rings (SSSR count). The molecule has 0 unspecified atom stereocenters. The Morgan fingerprint density at radius 3 is 1.68 bits per heavy atom. The molecule has 0 aliphatic rings. The first-order chi connectivity index (χ1) is 16.7. The number of ether oxygens (including phenoxy) is 3. The zero-order chi connectivity index (χ0) is 24.4. The van der Waals surface area contributed by atoms with Crippen LogP contribution in [0.2, 0.25) is 0 Å². The highest BCUT2D eigenvalue weighted by Gasteiger charge is 2.15. The fourth-order valence-electron chi connectivity index (χ4n) is 3.04. The molecule has 0 saturated carbocycles. The van der Waals surface area contributed by atoms with Gasteiger partial charge in [-0.3, -0.25) is 0 Å². The van der Waals surface area contributed by atoms with Gasteiger partial charge in [-0.15, -0.1) is 5.11 Å². The normalized spacial score (nSPS) is 11.2. The fourth-order valence-corrected chi connectivity index (χ4v) is 3.04. The quantitative estimate of drug-likeness (QED) is 0.209. The molecule has 2 aromatic rings. The Hall–Kier alpha value is -2.82. The molecule has 0 saturated heterocycles. The molecule has 3 N–H and O–H groups in total. The highest BCUT2D eigenvalue weighted by Crippen LogP contribution is 2.33. The monoisotopic (exact) mass is 473 g/mol. The molecule has 0 bridgehead atoms.